The number of fused-ring (bicyclic) bond motifs is 1. The molecule has 0 aliphatic carbocycles. The normalized spacial score (nSPS) is 28.0. The maximum atomic E-state index is 14.5. The van der Waals surface area contributed by atoms with E-state index in [0.29, 0.717) is 42.9 Å². The van der Waals surface area contributed by atoms with Gasteiger partial charge in [0.1, 0.15) is 11.6 Å². The smallest absolute Gasteiger partial charge is 0.312 e. The van der Waals surface area contributed by atoms with E-state index in [-0.39, 0.29) is 36.4 Å². The van der Waals surface area contributed by atoms with E-state index in [1.165, 1.54) is 0 Å². The minimum atomic E-state index is -1.18. The highest BCUT2D eigenvalue weighted by molar-refractivity contribution is 9.09. The number of aliphatic hydroxyl groups excluding tert-OH is 1. The average Bonchev–Trinajstić information content (AvgIpc) is 3.55. The molecule has 1 aromatic carbocycles. The topological polar surface area (TPSA) is 96.4 Å². The van der Waals surface area contributed by atoms with Gasteiger partial charge in [0.05, 0.1) is 35.3 Å². The van der Waals surface area contributed by atoms with Gasteiger partial charge in [-0.1, -0.05) is 64.7 Å². The average molecular weight is 652 g/mol. The molecule has 3 aliphatic heterocycles. The first-order valence-electron chi connectivity index (χ1n) is 14.5. The van der Waals surface area contributed by atoms with Gasteiger partial charge >= 0.3 is 5.97 Å². The van der Waals surface area contributed by atoms with Crippen LogP contribution < -0.4 is 4.90 Å². The van der Waals surface area contributed by atoms with Crippen molar-refractivity contribution < 1.29 is 29.0 Å². The molecule has 0 radical (unpaired) electrons. The molecule has 8 nitrogen and oxygen atoms in total. The van der Waals surface area contributed by atoms with Crippen LogP contribution in [0.25, 0.3) is 0 Å². The Morgan fingerprint density at radius 2 is 1.93 bits per heavy atom. The Hall–Kier alpha value is -2.20. The fourth-order valence-corrected chi connectivity index (χ4v) is 7.76. The summed E-state index contributed by atoms with van der Waals surface area (Å²) >= 11 is 10.2. The van der Waals surface area contributed by atoms with Crippen LogP contribution >= 0.6 is 27.5 Å². The van der Waals surface area contributed by atoms with E-state index in [1.807, 2.05) is 6.08 Å². The molecular formula is C31H40BrClN2O6. The number of amides is 2. The van der Waals surface area contributed by atoms with Crippen molar-refractivity contribution in [2.45, 2.75) is 73.9 Å². The highest BCUT2D eigenvalue weighted by Gasteiger charge is 2.77. The first-order chi connectivity index (χ1) is 19.8. The molecule has 1 N–H and O–H groups in total. The number of para-hydroxylation sites is 1. The molecule has 224 valence electrons. The lowest BCUT2D eigenvalue weighted by molar-refractivity contribution is -0.155. The summed E-state index contributed by atoms with van der Waals surface area (Å²) in [5.41, 5.74) is -0.654. The Labute approximate surface area is 255 Å². The number of anilines is 1. The monoisotopic (exact) mass is 650 g/mol. The van der Waals surface area contributed by atoms with E-state index < -0.39 is 35.6 Å². The van der Waals surface area contributed by atoms with E-state index in [4.69, 9.17) is 26.2 Å². The summed E-state index contributed by atoms with van der Waals surface area (Å²) in [6.07, 6.45) is 8.65. The zero-order valence-corrected chi connectivity index (χ0v) is 25.7. The summed E-state index contributed by atoms with van der Waals surface area (Å²) in [5.74, 6) is -2.64. The van der Waals surface area contributed by atoms with Gasteiger partial charge < -0.3 is 24.4 Å². The number of hydrogen-bond donors (Lipinski definition) is 1. The second-order valence-corrected chi connectivity index (χ2v) is 12.6. The minimum absolute atomic E-state index is 0.114. The van der Waals surface area contributed by atoms with Crippen molar-refractivity contribution in [3.05, 3.63) is 54.6 Å². The number of unbranched alkanes of at least 4 members (excludes halogenated alkanes) is 5. The van der Waals surface area contributed by atoms with Gasteiger partial charge in [-0.15, -0.1) is 13.2 Å². The molecule has 1 aromatic rings. The molecule has 3 saturated heterocycles. The molecule has 41 heavy (non-hydrogen) atoms. The Kier molecular flexibility index (Phi) is 11.1. The predicted octanol–water partition coefficient (Wildman–Crippen LogP) is 5.06. The van der Waals surface area contributed by atoms with Crippen LogP contribution in [0.15, 0.2) is 49.6 Å². The van der Waals surface area contributed by atoms with Gasteiger partial charge in [0.2, 0.25) is 5.91 Å². The highest BCUT2D eigenvalue weighted by Crippen LogP contribution is 2.60. The van der Waals surface area contributed by atoms with Crippen LogP contribution in [0.4, 0.5) is 5.69 Å². The number of allylic oxidation sites excluding steroid dienone is 1. The number of alkyl halides is 1. The Morgan fingerprint density at radius 3 is 2.63 bits per heavy atom. The molecule has 0 saturated carbocycles. The molecule has 3 unspecified atom stereocenters. The Morgan fingerprint density at radius 1 is 1.17 bits per heavy atom. The van der Waals surface area contributed by atoms with Crippen LogP contribution in [-0.2, 0) is 23.9 Å². The summed E-state index contributed by atoms with van der Waals surface area (Å²) in [6, 6.07) is 6.14. The van der Waals surface area contributed by atoms with Gasteiger partial charge in [0.15, 0.2) is 0 Å². The molecular weight excluding hydrogens is 612 g/mol. The first-order valence-corrected chi connectivity index (χ1v) is 15.8. The molecule has 1 spiro atoms. The van der Waals surface area contributed by atoms with Gasteiger partial charge in [0.25, 0.3) is 5.91 Å². The van der Waals surface area contributed by atoms with Crippen molar-refractivity contribution in [2.24, 2.45) is 11.8 Å². The summed E-state index contributed by atoms with van der Waals surface area (Å²) in [7, 11) is 0. The Bertz CT molecular complexity index is 1130. The van der Waals surface area contributed by atoms with Crippen LogP contribution in [0.3, 0.4) is 0 Å². The second kappa shape index (κ2) is 14.3. The highest BCUT2D eigenvalue weighted by atomic mass is 79.9. The van der Waals surface area contributed by atoms with Crippen molar-refractivity contribution in [2.75, 3.05) is 31.2 Å². The number of likely N-dealkylation sites (tertiary alicyclic amines) is 1. The summed E-state index contributed by atoms with van der Waals surface area (Å²) in [4.78, 5) is 45.1. The van der Waals surface area contributed by atoms with E-state index in [9.17, 15) is 14.4 Å². The van der Waals surface area contributed by atoms with Crippen molar-refractivity contribution in [3.63, 3.8) is 0 Å². The molecule has 2 bridgehead atoms. The van der Waals surface area contributed by atoms with E-state index in [2.05, 4.69) is 29.1 Å². The number of aliphatic hydroxyl groups is 1. The number of esters is 1. The zero-order chi connectivity index (χ0) is 29.6. The SMILES string of the molecule is C=CCCCCOC(=O)[C@H]1[C@H]2C(=O)N(CCCCCCO)C(C(=O)N(CC=C)c3ccccc3Cl)C23CC(Br)[C@@H]1O3. The zero-order valence-electron chi connectivity index (χ0n) is 23.4. The van der Waals surface area contributed by atoms with Crippen LogP contribution in [-0.4, -0.2) is 76.7 Å². The third kappa shape index (κ3) is 6.28. The fourth-order valence-electron chi connectivity index (χ4n) is 6.58. The maximum absolute atomic E-state index is 14.5. The first kappa shape index (κ1) is 31.7. The summed E-state index contributed by atoms with van der Waals surface area (Å²) < 4.78 is 12.2. The fraction of sp³-hybridized carbons (Fsp3) is 0.581. The van der Waals surface area contributed by atoms with Crippen molar-refractivity contribution in [3.8, 4) is 0 Å². The van der Waals surface area contributed by atoms with Gasteiger partial charge in [0, 0.05) is 24.5 Å². The van der Waals surface area contributed by atoms with Crippen molar-refractivity contribution in [1.29, 1.82) is 0 Å². The predicted molar refractivity (Wildman–Crippen MR) is 162 cm³/mol. The lowest BCUT2D eigenvalue weighted by Crippen LogP contribution is -2.57. The van der Waals surface area contributed by atoms with E-state index in [0.717, 1.165) is 25.7 Å². The van der Waals surface area contributed by atoms with Crippen LogP contribution in [0.2, 0.25) is 5.02 Å². The standard InChI is InChI=1S/C31H40BrClN2O6/c1-3-5-6-13-19-40-30(39)24-25-28(37)35(17-11-7-8-12-18-36)27(31(25)20-21(32)26(24)41-31)29(38)34(16-4-2)23-15-10-9-14-22(23)33/h3-4,9-10,14-15,21,24-27,36H,1-2,5-8,11-13,16-20H2/t21?,24-,25-,26-,27?,31?/m0/s1. The molecule has 3 heterocycles. The van der Waals surface area contributed by atoms with Crippen molar-refractivity contribution >= 4 is 51.0 Å². The van der Waals surface area contributed by atoms with Crippen molar-refractivity contribution in [1.82, 2.24) is 4.90 Å². The molecule has 4 rings (SSSR count). The maximum Gasteiger partial charge on any atom is 0.312 e. The van der Waals surface area contributed by atoms with Crippen LogP contribution in [0, 0.1) is 11.8 Å². The lowest BCUT2D eigenvalue weighted by Gasteiger charge is -2.37. The quantitative estimate of drug-likeness (QED) is 0.116. The molecule has 3 aliphatic rings. The molecule has 6 atom stereocenters. The third-order valence-corrected chi connectivity index (χ3v) is 9.53. The Balaban J connectivity index is 1.67. The second-order valence-electron chi connectivity index (χ2n) is 11.0. The van der Waals surface area contributed by atoms with Crippen LogP contribution in [0.5, 0.6) is 0 Å². The van der Waals surface area contributed by atoms with Gasteiger partial charge in [-0.3, -0.25) is 14.4 Å². The van der Waals surface area contributed by atoms with E-state index in [1.54, 1.807) is 40.1 Å². The number of benzene rings is 1. The number of rotatable bonds is 16. The molecule has 10 heteroatoms. The summed E-state index contributed by atoms with van der Waals surface area (Å²) in [6.45, 7) is 8.46. The largest absolute Gasteiger partial charge is 0.465 e. The number of carbonyl (C=O) groups excluding carboxylic acids is 3. The number of ether oxygens (including phenoxy) is 2. The number of hydrogen-bond acceptors (Lipinski definition) is 6. The number of carbonyl (C=O) groups is 3. The lowest BCUT2D eigenvalue weighted by atomic mass is 9.70. The van der Waals surface area contributed by atoms with E-state index >= 15 is 0 Å². The van der Waals surface area contributed by atoms with Gasteiger partial charge in [-0.2, -0.15) is 0 Å². The number of nitrogens with zero attached hydrogens (tertiary/aromatic N) is 2. The van der Waals surface area contributed by atoms with Gasteiger partial charge in [-0.05, 0) is 50.7 Å². The molecule has 0 aromatic heterocycles. The number of halogens is 2. The minimum Gasteiger partial charge on any atom is -0.465 e. The molecule has 3 fully saturated rings. The van der Waals surface area contributed by atoms with Gasteiger partial charge in [-0.25, -0.2) is 0 Å². The van der Waals surface area contributed by atoms with Crippen LogP contribution in [0.1, 0.15) is 51.4 Å². The third-order valence-electron chi connectivity index (χ3n) is 8.37. The summed E-state index contributed by atoms with van der Waals surface area (Å²) in [5, 5.41) is 9.57. The molecule has 2 amide bonds.